The maximum Gasteiger partial charge on any atom is 0.120 e. The summed E-state index contributed by atoms with van der Waals surface area (Å²) < 4.78 is 6.22. The molecule has 0 amide bonds. The van der Waals surface area contributed by atoms with Gasteiger partial charge in [-0.1, -0.05) is 48.5 Å². The third-order valence-corrected chi connectivity index (χ3v) is 9.01. The highest BCUT2D eigenvalue weighted by Gasteiger charge is 2.45. The van der Waals surface area contributed by atoms with E-state index in [2.05, 4.69) is 98.5 Å². The monoisotopic (exact) mass is 495 g/mol. The van der Waals surface area contributed by atoms with Crippen molar-refractivity contribution in [3.8, 4) is 5.75 Å². The van der Waals surface area contributed by atoms with E-state index in [1.54, 1.807) is 0 Å². The maximum atomic E-state index is 9.82. The highest BCUT2D eigenvalue weighted by Crippen LogP contribution is 2.50. The molecule has 6 rings (SSSR count). The molecule has 2 aliphatic carbocycles. The lowest BCUT2D eigenvalue weighted by Gasteiger charge is -2.51. The number of hydrogen-bond donors (Lipinski definition) is 1. The fourth-order valence-corrected chi connectivity index (χ4v) is 7.16. The van der Waals surface area contributed by atoms with Crippen LogP contribution in [0.3, 0.4) is 0 Å². The van der Waals surface area contributed by atoms with Gasteiger partial charge in [0.25, 0.3) is 0 Å². The van der Waals surface area contributed by atoms with Crippen LogP contribution in [0.25, 0.3) is 0 Å². The van der Waals surface area contributed by atoms with E-state index in [0.717, 1.165) is 44.5 Å². The number of benzene rings is 3. The van der Waals surface area contributed by atoms with Gasteiger partial charge in [-0.2, -0.15) is 0 Å². The fourth-order valence-electron chi connectivity index (χ4n) is 7.16. The molecule has 2 fully saturated rings. The Hall–Kier alpha value is -2.78. The lowest BCUT2D eigenvalue weighted by Crippen LogP contribution is -2.49. The first-order valence-corrected chi connectivity index (χ1v) is 14.2. The molecular formula is C34H41NO2. The van der Waals surface area contributed by atoms with Crippen molar-refractivity contribution >= 4 is 5.69 Å². The Morgan fingerprint density at radius 2 is 1.57 bits per heavy atom. The zero-order chi connectivity index (χ0) is 25.6. The molecule has 1 N–H and O–H groups in total. The van der Waals surface area contributed by atoms with E-state index in [0.29, 0.717) is 17.3 Å². The number of nitrogens with zero attached hydrogens (tertiary/aromatic N) is 1. The third kappa shape index (κ3) is 5.03. The average Bonchev–Trinajstić information content (AvgIpc) is 2.87. The Morgan fingerprint density at radius 3 is 2.22 bits per heavy atom. The quantitative estimate of drug-likeness (QED) is 0.408. The van der Waals surface area contributed by atoms with Gasteiger partial charge in [0.05, 0.1) is 6.10 Å². The van der Waals surface area contributed by atoms with Gasteiger partial charge in [-0.05, 0) is 117 Å². The van der Waals surface area contributed by atoms with Crippen LogP contribution in [0.5, 0.6) is 5.75 Å². The van der Waals surface area contributed by atoms with Gasteiger partial charge in [0.15, 0.2) is 0 Å². The fraction of sp³-hybridized carbons (Fsp3) is 0.471. The largest absolute Gasteiger partial charge is 0.488 e. The molecule has 1 saturated heterocycles. The van der Waals surface area contributed by atoms with E-state index < -0.39 is 0 Å². The van der Waals surface area contributed by atoms with Crippen LogP contribution in [-0.4, -0.2) is 29.9 Å². The second-order valence-electron chi connectivity index (χ2n) is 12.7. The van der Waals surface area contributed by atoms with Crippen molar-refractivity contribution in [2.75, 3.05) is 18.0 Å². The Balaban J connectivity index is 1.28. The SMILES string of the molecule is CC(C)(C)Oc1ccc2c(c1)CC[C@H](c1ccccc1)[C@@H]2c1ccc(N2CCC3(CC2)CC(O)C3)cc1. The number of hydrogen-bond acceptors (Lipinski definition) is 3. The standard InChI is InChI=1S/C34H41NO2/c1-33(2,3)37-29-14-16-31-26(21-29)11-15-30(24-7-5-4-6-8-24)32(31)25-9-12-27(13-10-25)35-19-17-34(18-20-35)22-28(36)23-34/h4-10,12-14,16,21,28,30,32,36H,11,15,17-20,22-23H2,1-3H3/t30-,32+/m1/s1. The lowest BCUT2D eigenvalue weighted by atomic mass is 9.61. The smallest absolute Gasteiger partial charge is 0.120 e. The summed E-state index contributed by atoms with van der Waals surface area (Å²) in [5.74, 6) is 1.78. The average molecular weight is 496 g/mol. The molecule has 1 spiro atoms. The molecule has 0 radical (unpaired) electrons. The Morgan fingerprint density at radius 1 is 0.865 bits per heavy atom. The summed E-state index contributed by atoms with van der Waals surface area (Å²) >= 11 is 0. The van der Waals surface area contributed by atoms with E-state index in [4.69, 9.17) is 4.74 Å². The molecule has 0 unspecified atom stereocenters. The van der Waals surface area contributed by atoms with Crippen LogP contribution in [0.4, 0.5) is 5.69 Å². The van der Waals surface area contributed by atoms with Crippen LogP contribution in [0.15, 0.2) is 72.8 Å². The molecule has 2 atom stereocenters. The topological polar surface area (TPSA) is 32.7 Å². The molecular weight excluding hydrogens is 454 g/mol. The van der Waals surface area contributed by atoms with Crippen LogP contribution in [0.1, 0.15) is 87.0 Å². The van der Waals surface area contributed by atoms with E-state index in [-0.39, 0.29) is 11.7 Å². The number of fused-ring (bicyclic) bond motifs is 1. The normalized spacial score (nSPS) is 23.4. The molecule has 0 aromatic heterocycles. The molecule has 1 aliphatic heterocycles. The molecule has 3 heteroatoms. The van der Waals surface area contributed by atoms with Crippen LogP contribution in [0, 0.1) is 5.41 Å². The van der Waals surface area contributed by atoms with Gasteiger partial charge in [-0.3, -0.25) is 0 Å². The second-order valence-corrected chi connectivity index (χ2v) is 12.7. The Kier molecular flexibility index (Phi) is 6.31. The van der Waals surface area contributed by atoms with Crippen molar-refractivity contribution in [3.05, 3.63) is 95.1 Å². The summed E-state index contributed by atoms with van der Waals surface area (Å²) in [5.41, 5.74) is 7.25. The third-order valence-electron chi connectivity index (χ3n) is 9.01. The van der Waals surface area contributed by atoms with Gasteiger partial charge in [0.2, 0.25) is 0 Å². The van der Waals surface area contributed by atoms with Crippen molar-refractivity contribution in [2.24, 2.45) is 5.41 Å². The molecule has 3 aromatic rings. The number of piperidine rings is 1. The van der Waals surface area contributed by atoms with Crippen molar-refractivity contribution in [2.45, 2.75) is 82.8 Å². The number of anilines is 1. The Bertz CT molecular complexity index is 1210. The summed E-state index contributed by atoms with van der Waals surface area (Å²) in [6, 6.07) is 27.3. The number of rotatable bonds is 4. The second kappa shape index (κ2) is 9.51. The van der Waals surface area contributed by atoms with Gasteiger partial charge in [0, 0.05) is 24.7 Å². The molecule has 1 saturated carbocycles. The van der Waals surface area contributed by atoms with Crippen LogP contribution in [0.2, 0.25) is 0 Å². The summed E-state index contributed by atoms with van der Waals surface area (Å²) in [4.78, 5) is 2.54. The lowest BCUT2D eigenvalue weighted by molar-refractivity contribution is -0.0463. The first kappa shape index (κ1) is 24.6. The van der Waals surface area contributed by atoms with E-state index >= 15 is 0 Å². The molecule has 3 aromatic carbocycles. The van der Waals surface area contributed by atoms with Crippen molar-refractivity contribution in [1.29, 1.82) is 0 Å². The molecule has 3 aliphatic rings. The maximum absolute atomic E-state index is 9.82. The van der Waals surface area contributed by atoms with Crippen molar-refractivity contribution in [1.82, 2.24) is 0 Å². The number of aryl methyl sites for hydroxylation is 1. The molecule has 1 heterocycles. The molecule has 194 valence electrons. The van der Waals surface area contributed by atoms with Gasteiger partial charge < -0.3 is 14.7 Å². The molecule has 3 nitrogen and oxygen atoms in total. The minimum Gasteiger partial charge on any atom is -0.488 e. The highest BCUT2D eigenvalue weighted by molar-refractivity contribution is 5.53. The zero-order valence-corrected chi connectivity index (χ0v) is 22.6. The number of aliphatic hydroxyl groups excluding tert-OH is 1. The number of ether oxygens (including phenoxy) is 1. The first-order valence-electron chi connectivity index (χ1n) is 14.2. The molecule has 37 heavy (non-hydrogen) atoms. The van der Waals surface area contributed by atoms with Crippen LogP contribution >= 0.6 is 0 Å². The van der Waals surface area contributed by atoms with Gasteiger partial charge in [-0.25, -0.2) is 0 Å². The number of aliphatic hydroxyl groups is 1. The summed E-state index contributed by atoms with van der Waals surface area (Å²) in [7, 11) is 0. The van der Waals surface area contributed by atoms with Gasteiger partial charge in [0.1, 0.15) is 11.4 Å². The zero-order valence-electron chi connectivity index (χ0n) is 22.6. The van der Waals surface area contributed by atoms with Crippen molar-refractivity contribution < 1.29 is 9.84 Å². The first-order chi connectivity index (χ1) is 17.8. The minimum atomic E-state index is -0.197. The van der Waals surface area contributed by atoms with E-state index in [1.165, 1.54) is 40.8 Å². The van der Waals surface area contributed by atoms with Gasteiger partial charge in [-0.15, -0.1) is 0 Å². The van der Waals surface area contributed by atoms with Crippen molar-refractivity contribution in [3.63, 3.8) is 0 Å². The predicted molar refractivity (Wildman–Crippen MR) is 152 cm³/mol. The summed E-state index contributed by atoms with van der Waals surface area (Å²) in [6.07, 6.45) is 6.58. The van der Waals surface area contributed by atoms with E-state index in [9.17, 15) is 5.11 Å². The molecule has 0 bridgehead atoms. The minimum absolute atomic E-state index is 0.0575. The Labute approximate surface area is 222 Å². The van der Waals surface area contributed by atoms with Crippen LogP contribution in [-0.2, 0) is 6.42 Å². The predicted octanol–water partition coefficient (Wildman–Crippen LogP) is 7.47. The summed E-state index contributed by atoms with van der Waals surface area (Å²) in [6.45, 7) is 8.53. The summed E-state index contributed by atoms with van der Waals surface area (Å²) in [5, 5.41) is 9.82. The van der Waals surface area contributed by atoms with E-state index in [1.807, 2.05) is 0 Å². The van der Waals surface area contributed by atoms with Crippen LogP contribution < -0.4 is 9.64 Å². The van der Waals surface area contributed by atoms with Gasteiger partial charge >= 0.3 is 0 Å². The highest BCUT2D eigenvalue weighted by atomic mass is 16.5.